The van der Waals surface area contributed by atoms with Crippen molar-refractivity contribution in [2.75, 3.05) is 0 Å². The van der Waals surface area contributed by atoms with Crippen LogP contribution in [0.3, 0.4) is 0 Å². The highest BCUT2D eigenvalue weighted by Gasteiger charge is 2.68. The van der Waals surface area contributed by atoms with Crippen LogP contribution in [0, 0.1) is 23.2 Å². The summed E-state index contributed by atoms with van der Waals surface area (Å²) in [6.45, 7) is 14.0. The lowest BCUT2D eigenvalue weighted by Crippen LogP contribution is -2.65. The molecule has 0 spiro atoms. The van der Waals surface area contributed by atoms with E-state index in [0.717, 1.165) is 5.92 Å². The monoisotopic (exact) mass is 264 g/mol. The molecule has 108 valence electrons. The Hall–Kier alpha value is -0.0151. The standard InChI is InChI=1S/C16H29BO2/c1-10(2)7-11(3)17-18-14-9-12-8-13(15(12,4)5)16(14,6)19-17/h10-14H,7-9H2,1-6H3/t11?,12?,13?,14?,16-/m1/s1. The van der Waals surface area contributed by atoms with Crippen molar-refractivity contribution >= 4 is 7.12 Å². The van der Waals surface area contributed by atoms with E-state index >= 15 is 0 Å². The van der Waals surface area contributed by atoms with Gasteiger partial charge in [0, 0.05) is 0 Å². The first-order chi connectivity index (χ1) is 8.75. The Kier molecular flexibility index (Phi) is 3.11. The quantitative estimate of drug-likeness (QED) is 0.713. The van der Waals surface area contributed by atoms with Crippen LogP contribution < -0.4 is 0 Å². The van der Waals surface area contributed by atoms with Crippen LogP contribution in [0.5, 0.6) is 0 Å². The largest absolute Gasteiger partial charge is 0.460 e. The van der Waals surface area contributed by atoms with Gasteiger partial charge in [0.2, 0.25) is 0 Å². The zero-order valence-electron chi connectivity index (χ0n) is 13.4. The van der Waals surface area contributed by atoms with Crippen LogP contribution in [0.4, 0.5) is 0 Å². The first kappa shape index (κ1) is 13.9. The molecule has 4 aliphatic rings. The van der Waals surface area contributed by atoms with Crippen LogP contribution in [0.25, 0.3) is 0 Å². The van der Waals surface area contributed by atoms with Crippen LogP contribution in [-0.2, 0) is 9.31 Å². The molecule has 5 atom stereocenters. The summed E-state index contributed by atoms with van der Waals surface area (Å²) in [7, 11) is 0.0209. The third-order valence-corrected chi connectivity index (χ3v) is 6.28. The molecule has 0 aromatic carbocycles. The van der Waals surface area contributed by atoms with E-state index in [1.165, 1.54) is 19.3 Å². The summed E-state index contributed by atoms with van der Waals surface area (Å²) in [6, 6.07) is 0. The van der Waals surface area contributed by atoms with E-state index in [1.54, 1.807) is 0 Å². The maximum atomic E-state index is 6.48. The molecule has 4 fully saturated rings. The molecule has 2 nitrogen and oxygen atoms in total. The average Bonchev–Trinajstić information content (AvgIpc) is 2.64. The first-order valence-electron chi connectivity index (χ1n) is 8.08. The van der Waals surface area contributed by atoms with E-state index in [1.807, 2.05) is 0 Å². The fourth-order valence-corrected chi connectivity index (χ4v) is 5.00. The Morgan fingerprint density at radius 3 is 2.42 bits per heavy atom. The second-order valence-electron chi connectivity index (χ2n) is 8.44. The molecule has 1 aliphatic heterocycles. The molecule has 1 saturated heterocycles. The van der Waals surface area contributed by atoms with E-state index < -0.39 is 0 Å². The molecule has 0 amide bonds. The van der Waals surface area contributed by atoms with Crippen LogP contribution >= 0.6 is 0 Å². The van der Waals surface area contributed by atoms with Gasteiger partial charge in [-0.3, -0.25) is 0 Å². The third-order valence-electron chi connectivity index (χ3n) is 6.28. The molecular formula is C16H29BO2. The summed E-state index contributed by atoms with van der Waals surface area (Å²) in [5, 5.41) is 0. The molecule has 4 rings (SSSR count). The van der Waals surface area contributed by atoms with Gasteiger partial charge >= 0.3 is 7.12 Å². The summed E-state index contributed by atoms with van der Waals surface area (Å²) in [5.74, 6) is 2.74. The van der Waals surface area contributed by atoms with Crippen molar-refractivity contribution in [1.29, 1.82) is 0 Å². The van der Waals surface area contributed by atoms with Crippen molar-refractivity contribution in [3.8, 4) is 0 Å². The highest BCUT2D eigenvalue weighted by molar-refractivity contribution is 6.47. The van der Waals surface area contributed by atoms with Gasteiger partial charge in [-0.25, -0.2) is 0 Å². The summed E-state index contributed by atoms with van der Waals surface area (Å²) >= 11 is 0. The highest BCUT2D eigenvalue weighted by Crippen LogP contribution is 2.66. The number of hydrogen-bond donors (Lipinski definition) is 0. The topological polar surface area (TPSA) is 18.5 Å². The van der Waals surface area contributed by atoms with E-state index in [-0.39, 0.29) is 12.7 Å². The second kappa shape index (κ2) is 4.24. The zero-order chi connectivity index (χ0) is 14.0. The predicted octanol–water partition coefficient (Wildman–Crippen LogP) is 4.15. The maximum absolute atomic E-state index is 6.48. The van der Waals surface area contributed by atoms with Gasteiger partial charge in [0.1, 0.15) is 0 Å². The lowest BCUT2D eigenvalue weighted by atomic mass is 9.43. The van der Waals surface area contributed by atoms with Crippen molar-refractivity contribution in [2.45, 2.75) is 78.3 Å². The SMILES string of the molecule is CC(C)CC(C)B1OC2CC3CC(C3(C)C)[C@@]2(C)O1. The van der Waals surface area contributed by atoms with Gasteiger partial charge in [-0.2, -0.15) is 0 Å². The molecule has 3 heteroatoms. The minimum atomic E-state index is -0.0336. The van der Waals surface area contributed by atoms with Crippen molar-refractivity contribution in [3.63, 3.8) is 0 Å². The first-order valence-corrected chi connectivity index (χ1v) is 8.08. The van der Waals surface area contributed by atoms with Crippen LogP contribution in [-0.4, -0.2) is 18.8 Å². The Bertz CT molecular complexity index is 368. The van der Waals surface area contributed by atoms with E-state index in [0.29, 0.717) is 29.2 Å². The van der Waals surface area contributed by atoms with Gasteiger partial charge in [-0.1, -0.05) is 34.6 Å². The molecule has 0 N–H and O–H groups in total. The van der Waals surface area contributed by atoms with Gasteiger partial charge in [-0.05, 0) is 55.2 Å². The van der Waals surface area contributed by atoms with Gasteiger partial charge < -0.3 is 9.31 Å². The lowest BCUT2D eigenvalue weighted by molar-refractivity contribution is -0.199. The normalized spacial score (nSPS) is 45.0. The Labute approximate surface area is 118 Å². The van der Waals surface area contributed by atoms with Crippen molar-refractivity contribution in [2.24, 2.45) is 23.2 Å². The Morgan fingerprint density at radius 1 is 1.16 bits per heavy atom. The number of rotatable bonds is 3. The molecule has 3 saturated carbocycles. The lowest BCUT2D eigenvalue weighted by Gasteiger charge is -2.64. The highest BCUT2D eigenvalue weighted by atomic mass is 16.7. The van der Waals surface area contributed by atoms with Crippen LogP contribution in [0.15, 0.2) is 0 Å². The molecule has 19 heavy (non-hydrogen) atoms. The van der Waals surface area contributed by atoms with Gasteiger partial charge in [0.15, 0.2) is 0 Å². The molecule has 0 radical (unpaired) electrons. The van der Waals surface area contributed by atoms with Gasteiger partial charge in [0.05, 0.1) is 11.7 Å². The third kappa shape index (κ3) is 1.92. The summed E-state index contributed by atoms with van der Waals surface area (Å²) in [6.07, 6.45) is 4.06. The summed E-state index contributed by atoms with van der Waals surface area (Å²) in [5.41, 5.74) is 0.416. The van der Waals surface area contributed by atoms with Crippen molar-refractivity contribution in [1.82, 2.24) is 0 Å². The van der Waals surface area contributed by atoms with Crippen molar-refractivity contribution < 1.29 is 9.31 Å². The van der Waals surface area contributed by atoms with E-state index in [2.05, 4.69) is 41.5 Å². The molecule has 3 aliphatic carbocycles. The van der Waals surface area contributed by atoms with Crippen molar-refractivity contribution in [3.05, 3.63) is 0 Å². The molecular weight excluding hydrogens is 235 g/mol. The van der Waals surface area contributed by atoms with Crippen LogP contribution in [0.1, 0.15) is 60.8 Å². The fourth-order valence-electron chi connectivity index (χ4n) is 5.00. The molecule has 4 unspecified atom stereocenters. The smallest absolute Gasteiger partial charge is 0.405 e. The average molecular weight is 264 g/mol. The predicted molar refractivity (Wildman–Crippen MR) is 79.0 cm³/mol. The Balaban J connectivity index is 1.74. The summed E-state index contributed by atoms with van der Waals surface area (Å²) in [4.78, 5) is 0. The maximum Gasteiger partial charge on any atom is 0.460 e. The fraction of sp³-hybridized carbons (Fsp3) is 1.00. The molecule has 0 aromatic rings. The Morgan fingerprint density at radius 2 is 1.84 bits per heavy atom. The van der Waals surface area contributed by atoms with Gasteiger partial charge in [-0.15, -0.1) is 0 Å². The van der Waals surface area contributed by atoms with E-state index in [4.69, 9.17) is 9.31 Å². The number of hydrogen-bond acceptors (Lipinski definition) is 2. The summed E-state index contributed by atoms with van der Waals surface area (Å²) < 4.78 is 12.8. The van der Waals surface area contributed by atoms with E-state index in [9.17, 15) is 0 Å². The van der Waals surface area contributed by atoms with Gasteiger partial charge in [0.25, 0.3) is 0 Å². The minimum Gasteiger partial charge on any atom is -0.405 e. The molecule has 1 heterocycles. The second-order valence-corrected chi connectivity index (χ2v) is 8.44. The molecule has 0 aromatic heterocycles. The molecule has 2 bridgehead atoms. The zero-order valence-corrected chi connectivity index (χ0v) is 13.4. The van der Waals surface area contributed by atoms with Crippen LogP contribution in [0.2, 0.25) is 5.82 Å². The minimum absolute atomic E-state index is 0.0209.